The van der Waals surface area contributed by atoms with Crippen LogP contribution in [0.1, 0.15) is 39.6 Å². The number of aliphatic carboxylic acids is 4. The molecule has 1 aromatic rings. The Labute approximate surface area is 205 Å². The Morgan fingerprint density at radius 1 is 0.944 bits per heavy atom. The number of aromatic hydroxyl groups is 1. The van der Waals surface area contributed by atoms with Gasteiger partial charge in [-0.1, -0.05) is 0 Å². The number of carbonyl (C=O) groups is 4. The fraction of sp³-hybridized carbons (Fsp3) is 0.550. The molecule has 0 spiro atoms. The van der Waals surface area contributed by atoms with E-state index in [1.807, 2.05) is 0 Å². The second-order valence-electron chi connectivity index (χ2n) is 7.47. The Kier molecular flexibility index (Phi) is 11.8. The number of carbonyl (C=O) groups excluding carboxylic acids is 1. The van der Waals surface area contributed by atoms with Crippen molar-refractivity contribution in [2.75, 3.05) is 0 Å². The number of hydrogen-bond acceptors (Lipinski definition) is 9. The van der Waals surface area contributed by atoms with Crippen LogP contribution in [0, 0.1) is 0 Å². The van der Waals surface area contributed by atoms with E-state index >= 15 is 0 Å². The van der Waals surface area contributed by atoms with Crippen molar-refractivity contribution < 1.29 is 65.2 Å². The zero-order valence-corrected chi connectivity index (χ0v) is 18.8. The summed E-state index contributed by atoms with van der Waals surface area (Å²) >= 11 is 0. The minimum absolute atomic E-state index is 0.0313. The van der Waals surface area contributed by atoms with E-state index in [1.165, 1.54) is 6.20 Å². The Hall–Kier alpha value is -3.50. The van der Waals surface area contributed by atoms with Crippen molar-refractivity contribution in [3.63, 3.8) is 0 Å². The van der Waals surface area contributed by atoms with E-state index in [0.717, 1.165) is 10.8 Å². The molecule has 0 fully saturated rings. The molecule has 36 heavy (non-hydrogen) atoms. The first-order valence-electron chi connectivity index (χ1n) is 11.2. The van der Waals surface area contributed by atoms with E-state index in [4.69, 9.17) is 45.2 Å². The number of nitrogens with zero attached hydrogens (tertiary/aromatic N) is 1. The second kappa shape index (κ2) is 14.8. The number of alkyl halides is 3. The molecular formula is C20H29F3N4O9. The summed E-state index contributed by atoms with van der Waals surface area (Å²) in [6, 6.07) is -3.66. The highest BCUT2D eigenvalue weighted by molar-refractivity contribution is 5.74. The molecular weight excluding hydrogens is 498 g/mol. The van der Waals surface area contributed by atoms with E-state index in [9.17, 15) is 32.7 Å². The molecule has 0 aliphatic carbocycles. The van der Waals surface area contributed by atoms with E-state index in [0.29, 0.717) is 5.56 Å². The van der Waals surface area contributed by atoms with Gasteiger partial charge in [0.1, 0.15) is 33.3 Å². The molecule has 0 saturated heterocycles. The third-order valence-electron chi connectivity index (χ3n) is 4.57. The lowest BCUT2D eigenvalue weighted by Gasteiger charge is -2.14. The van der Waals surface area contributed by atoms with E-state index in [1.54, 1.807) is 0 Å². The topological polar surface area (TPSA) is 254 Å². The second-order valence-corrected chi connectivity index (χ2v) is 7.47. The molecule has 0 aliphatic rings. The summed E-state index contributed by atoms with van der Waals surface area (Å²) in [6.45, 7) is -2.03. The van der Waals surface area contributed by atoms with E-state index in [-0.39, 0.29) is 44.1 Å². The molecule has 0 saturated carbocycles. The monoisotopic (exact) mass is 529 g/mol. The zero-order chi connectivity index (χ0) is 30.0. The molecule has 0 aliphatic heterocycles. The summed E-state index contributed by atoms with van der Waals surface area (Å²) in [5.41, 5.74) is 17.0. The summed E-state index contributed by atoms with van der Waals surface area (Å²) in [6.07, 6.45) is -2.94. The van der Waals surface area contributed by atoms with Gasteiger partial charge in [0.2, 0.25) is 6.20 Å². The van der Waals surface area contributed by atoms with Crippen molar-refractivity contribution in [2.24, 2.45) is 17.2 Å². The minimum atomic E-state index is -5.19. The lowest BCUT2D eigenvalue weighted by Crippen LogP contribution is -2.37. The van der Waals surface area contributed by atoms with Gasteiger partial charge in [-0.15, -0.1) is 0 Å². The van der Waals surface area contributed by atoms with Crippen LogP contribution >= 0.6 is 0 Å². The summed E-state index contributed by atoms with van der Waals surface area (Å²) in [7, 11) is 0. The highest BCUT2D eigenvalue weighted by Gasteiger charge is 2.29. The maximum Gasteiger partial charge on any atom is 0.430 e. The first-order valence-corrected chi connectivity index (χ1v) is 10.2. The van der Waals surface area contributed by atoms with Gasteiger partial charge < -0.3 is 47.5 Å². The molecule has 0 radical (unpaired) electrons. The van der Waals surface area contributed by atoms with E-state index in [2.05, 4.69) is 0 Å². The summed E-state index contributed by atoms with van der Waals surface area (Å²) in [5.74, 6) is -7.13. The number of carboxylic acid groups (broad SMARTS) is 4. The normalized spacial score (nSPS) is 14.8. The van der Waals surface area contributed by atoms with Crippen LogP contribution < -0.4 is 26.9 Å². The zero-order valence-electron chi connectivity index (χ0n) is 20.8. The van der Waals surface area contributed by atoms with Crippen LogP contribution in [0.25, 0.3) is 0 Å². The lowest BCUT2D eigenvalue weighted by molar-refractivity contribution is -0.698. The maximum absolute atomic E-state index is 11.1. The van der Waals surface area contributed by atoms with Crippen LogP contribution in [0.4, 0.5) is 13.2 Å². The van der Waals surface area contributed by atoms with Gasteiger partial charge in [-0.3, -0.25) is 14.4 Å². The first kappa shape index (κ1) is 28.7. The van der Waals surface area contributed by atoms with Crippen LogP contribution in [0.15, 0.2) is 12.4 Å². The smallest absolute Gasteiger partial charge is 0.430 e. The van der Waals surface area contributed by atoms with Gasteiger partial charge in [0.05, 0.1) is 0 Å². The van der Waals surface area contributed by atoms with Gasteiger partial charge >= 0.3 is 24.1 Å². The number of carboxylic acids is 4. The number of hydrogen-bond donors (Lipinski definition) is 7. The lowest BCUT2D eigenvalue weighted by atomic mass is 9.97. The molecule has 0 amide bonds. The molecule has 1 rings (SSSR count). The number of aromatic nitrogens is 1. The number of aryl methyl sites for hydroxylation is 2. The molecule has 204 valence electrons. The Balaban J connectivity index is 0.00000171. The Morgan fingerprint density at radius 3 is 1.86 bits per heavy atom. The van der Waals surface area contributed by atoms with Crippen molar-refractivity contribution in [2.45, 2.75) is 69.3 Å². The number of pyridine rings is 1. The summed E-state index contributed by atoms with van der Waals surface area (Å²) in [5, 5.41) is 46.1. The average Bonchev–Trinajstić information content (AvgIpc) is 2.77. The van der Waals surface area contributed by atoms with Crippen LogP contribution in [0.5, 0.6) is 5.75 Å². The molecule has 16 heteroatoms. The number of halogens is 3. The van der Waals surface area contributed by atoms with Crippen molar-refractivity contribution in [3.8, 4) is 5.75 Å². The number of nitrogens with two attached hydrogens (primary N) is 3. The molecule has 0 bridgehead atoms. The van der Waals surface area contributed by atoms with Crippen LogP contribution in [0.3, 0.4) is 0 Å². The van der Waals surface area contributed by atoms with Crippen molar-refractivity contribution in [1.29, 1.82) is 0 Å². The predicted molar refractivity (Wildman–Crippen MR) is 112 cm³/mol. The van der Waals surface area contributed by atoms with Gasteiger partial charge in [-0.05, 0) is 25.7 Å². The van der Waals surface area contributed by atoms with Crippen LogP contribution in [-0.4, -0.2) is 68.6 Å². The Morgan fingerprint density at radius 2 is 1.42 bits per heavy atom. The molecule has 1 heterocycles. The highest BCUT2D eigenvalue weighted by Crippen LogP contribution is 2.22. The highest BCUT2D eigenvalue weighted by atomic mass is 19.4. The third kappa shape index (κ3) is 12.3. The van der Waals surface area contributed by atoms with Gasteiger partial charge in [0, 0.05) is 24.0 Å². The average molecular weight is 529 g/mol. The standard InChI is InChI=1S/C18H28N4O7.C2HF3O2/c19-12(16(24)25)3-1-2-6-22-8-10(4-5-13(20)17(26)27)11(15(23)9-22)7-14(21)18(28)29;3-2(4,5)1(6)7/h8-9,12-14H,1-7,19-21H2,(H3-,23,24,25,26,27,28,29);(H,6,7)/t12-,13-,14-;/m0./s1/i6+1D2;. The minimum Gasteiger partial charge on any atom is -0.542 e. The molecule has 1 aromatic heterocycles. The molecule has 13 nitrogen and oxygen atoms in total. The Bertz CT molecular complexity index is 1010. The fourth-order valence-electron chi connectivity index (χ4n) is 2.59. The summed E-state index contributed by atoms with van der Waals surface area (Å²) < 4.78 is 49.2. The molecule has 0 unspecified atom stereocenters. The van der Waals surface area contributed by atoms with Crippen LogP contribution in [0.2, 0.25) is 0 Å². The van der Waals surface area contributed by atoms with Crippen molar-refractivity contribution >= 4 is 23.9 Å². The quantitative estimate of drug-likeness (QED) is 0.107. The predicted octanol–water partition coefficient (Wildman–Crippen LogP) is -2.14. The SMILES string of the molecule is O=C([O-])C(F)(F)F.[2H][13C]([2H])(CCC[C@H](N)C(=O)O)[n+]1cc(O)c(C[C@H](N)C(=O)O)c(CC[C@H](N)C(=O)O)c1. The molecule has 10 N–H and O–H groups in total. The van der Waals surface area contributed by atoms with Crippen molar-refractivity contribution in [1.82, 2.24) is 0 Å². The first-order chi connectivity index (χ1) is 17.2. The van der Waals surface area contributed by atoms with Crippen molar-refractivity contribution in [3.05, 3.63) is 23.5 Å². The molecule has 0 aromatic carbocycles. The fourth-order valence-corrected chi connectivity index (χ4v) is 2.59. The van der Waals surface area contributed by atoms with Crippen LogP contribution in [-0.2, 0) is 38.5 Å². The maximum atomic E-state index is 11.1. The largest absolute Gasteiger partial charge is 0.542 e. The third-order valence-corrected chi connectivity index (χ3v) is 4.57. The summed E-state index contributed by atoms with van der Waals surface area (Å²) in [4.78, 5) is 41.7. The van der Waals surface area contributed by atoms with E-state index < -0.39 is 60.4 Å². The molecule has 3 atom stereocenters. The van der Waals surface area contributed by atoms with Gasteiger partial charge in [-0.2, -0.15) is 13.2 Å². The van der Waals surface area contributed by atoms with Gasteiger partial charge in [0.15, 0.2) is 11.9 Å². The number of rotatable bonds is 13. The van der Waals surface area contributed by atoms with Gasteiger partial charge in [0.25, 0.3) is 0 Å². The van der Waals surface area contributed by atoms with Gasteiger partial charge in [-0.25, -0.2) is 4.57 Å².